The van der Waals surface area contributed by atoms with Crippen LogP contribution in [0.1, 0.15) is 32.5 Å². The van der Waals surface area contributed by atoms with Crippen LogP contribution in [0.15, 0.2) is 28.8 Å². The second kappa shape index (κ2) is 5.30. The Morgan fingerprint density at radius 3 is 2.68 bits per heavy atom. The minimum atomic E-state index is 0.131. The Morgan fingerprint density at radius 1 is 1.26 bits per heavy atom. The van der Waals surface area contributed by atoms with E-state index in [9.17, 15) is 0 Å². The highest BCUT2D eigenvalue weighted by molar-refractivity contribution is 5.51. The van der Waals surface area contributed by atoms with Gasteiger partial charge in [-0.3, -0.25) is 0 Å². The first-order valence-electron chi connectivity index (χ1n) is 6.23. The minimum absolute atomic E-state index is 0.131. The van der Waals surface area contributed by atoms with E-state index < -0.39 is 0 Å². The highest BCUT2D eigenvalue weighted by Gasteiger charge is 2.16. The van der Waals surface area contributed by atoms with Crippen LogP contribution in [0, 0.1) is 5.41 Å². The van der Waals surface area contributed by atoms with Crippen LogP contribution >= 0.6 is 0 Å². The lowest BCUT2D eigenvalue weighted by Gasteiger charge is -2.14. The van der Waals surface area contributed by atoms with Crippen LogP contribution in [0.4, 0.5) is 5.69 Å². The van der Waals surface area contributed by atoms with Crippen molar-refractivity contribution in [1.82, 2.24) is 10.1 Å². The summed E-state index contributed by atoms with van der Waals surface area (Å²) in [6, 6.07) is 7.32. The number of anilines is 1. The first-order valence-corrected chi connectivity index (χ1v) is 6.23. The molecular weight excluding hydrogens is 242 g/mol. The van der Waals surface area contributed by atoms with Crippen molar-refractivity contribution in [1.29, 1.82) is 0 Å². The molecule has 0 aliphatic rings. The Kier molecular flexibility index (Phi) is 3.74. The maximum Gasteiger partial charge on any atom is 0.264 e. The van der Waals surface area contributed by atoms with Gasteiger partial charge in [-0.15, -0.1) is 0 Å². The Bertz CT molecular complexity index is 544. The fourth-order valence-electron chi connectivity index (χ4n) is 1.65. The predicted molar refractivity (Wildman–Crippen MR) is 72.6 cm³/mol. The van der Waals surface area contributed by atoms with E-state index in [1.807, 2.05) is 18.2 Å². The zero-order chi connectivity index (χ0) is 13.9. The number of hydrogen-bond acceptors (Lipinski definition) is 5. The van der Waals surface area contributed by atoms with Crippen molar-refractivity contribution in [2.24, 2.45) is 5.41 Å². The van der Waals surface area contributed by atoms with Crippen molar-refractivity contribution in [2.45, 2.75) is 33.8 Å². The molecule has 1 aromatic carbocycles. The fourth-order valence-corrected chi connectivity index (χ4v) is 1.65. The molecule has 0 aliphatic carbocycles. The number of rotatable bonds is 4. The van der Waals surface area contributed by atoms with Crippen LogP contribution in [0.5, 0.6) is 5.75 Å². The Balaban J connectivity index is 1.96. The maximum atomic E-state index is 5.78. The summed E-state index contributed by atoms with van der Waals surface area (Å²) in [5.41, 5.74) is 6.51. The molecule has 0 amide bonds. The summed E-state index contributed by atoms with van der Waals surface area (Å²) in [4.78, 5) is 4.30. The van der Waals surface area contributed by atoms with Gasteiger partial charge in [0.05, 0.1) is 5.69 Å². The zero-order valence-electron chi connectivity index (χ0n) is 11.5. The van der Waals surface area contributed by atoms with Gasteiger partial charge >= 0.3 is 0 Å². The number of hydrogen-bond donors (Lipinski definition) is 1. The largest absolute Gasteiger partial charge is 0.482 e. The molecule has 2 aromatic rings. The highest BCUT2D eigenvalue weighted by atomic mass is 16.5. The number of para-hydroxylation sites is 2. The number of benzene rings is 1. The standard InChI is InChI=1S/C14H19N3O2/c1-14(2,3)8-12-16-13(19-17-12)9-18-11-7-5-4-6-10(11)15/h4-7H,8-9,15H2,1-3H3. The van der Waals surface area contributed by atoms with E-state index in [2.05, 4.69) is 30.9 Å². The van der Waals surface area contributed by atoms with Crippen molar-refractivity contribution in [3.63, 3.8) is 0 Å². The van der Waals surface area contributed by atoms with Crippen LogP contribution in [0.3, 0.4) is 0 Å². The van der Waals surface area contributed by atoms with Gasteiger partial charge in [-0.2, -0.15) is 4.98 Å². The smallest absolute Gasteiger partial charge is 0.264 e. The van der Waals surface area contributed by atoms with E-state index in [-0.39, 0.29) is 12.0 Å². The average Bonchev–Trinajstić information content (AvgIpc) is 2.73. The van der Waals surface area contributed by atoms with Gasteiger partial charge in [-0.1, -0.05) is 38.1 Å². The first-order chi connectivity index (χ1) is 8.94. The summed E-state index contributed by atoms with van der Waals surface area (Å²) in [6.45, 7) is 6.62. The van der Waals surface area contributed by atoms with E-state index in [1.54, 1.807) is 6.07 Å². The molecule has 1 heterocycles. The van der Waals surface area contributed by atoms with Crippen molar-refractivity contribution < 1.29 is 9.26 Å². The van der Waals surface area contributed by atoms with Crippen LogP contribution in [-0.2, 0) is 13.0 Å². The second-order valence-electron chi connectivity index (χ2n) is 5.67. The molecule has 0 saturated carbocycles. The maximum absolute atomic E-state index is 5.78. The van der Waals surface area contributed by atoms with Crippen LogP contribution in [0.25, 0.3) is 0 Å². The summed E-state index contributed by atoms with van der Waals surface area (Å²) in [6.07, 6.45) is 0.768. The Hall–Kier alpha value is -2.04. The van der Waals surface area contributed by atoms with Crippen LogP contribution in [0.2, 0.25) is 0 Å². The lowest BCUT2D eigenvalue weighted by molar-refractivity contribution is 0.243. The fraction of sp³-hybridized carbons (Fsp3) is 0.429. The molecule has 0 fully saturated rings. The second-order valence-corrected chi connectivity index (χ2v) is 5.67. The molecule has 0 saturated heterocycles. The summed E-state index contributed by atoms with van der Waals surface area (Å²) in [5.74, 6) is 1.78. The normalized spacial score (nSPS) is 11.5. The number of nitrogen functional groups attached to an aromatic ring is 1. The third-order valence-electron chi connectivity index (χ3n) is 2.47. The predicted octanol–water partition coefficient (Wildman–Crippen LogP) is 2.82. The van der Waals surface area contributed by atoms with E-state index in [4.69, 9.17) is 15.0 Å². The molecule has 0 bridgehead atoms. The summed E-state index contributed by atoms with van der Waals surface area (Å²) in [7, 11) is 0. The van der Waals surface area contributed by atoms with Crippen LogP contribution in [-0.4, -0.2) is 10.1 Å². The SMILES string of the molecule is CC(C)(C)Cc1noc(COc2ccccc2N)n1. The lowest BCUT2D eigenvalue weighted by atomic mass is 9.92. The van der Waals surface area contributed by atoms with E-state index in [0.717, 1.165) is 6.42 Å². The lowest BCUT2D eigenvalue weighted by Crippen LogP contribution is -2.10. The molecule has 5 heteroatoms. The molecule has 5 nitrogen and oxygen atoms in total. The molecule has 0 atom stereocenters. The van der Waals surface area contributed by atoms with Gasteiger partial charge in [0.1, 0.15) is 5.75 Å². The molecule has 1 aromatic heterocycles. The number of nitrogens with zero attached hydrogens (tertiary/aromatic N) is 2. The van der Waals surface area contributed by atoms with Gasteiger partial charge in [0.25, 0.3) is 5.89 Å². The monoisotopic (exact) mass is 261 g/mol. The molecule has 0 spiro atoms. The van der Waals surface area contributed by atoms with Gasteiger partial charge in [-0.25, -0.2) is 0 Å². The summed E-state index contributed by atoms with van der Waals surface area (Å²) in [5, 5.41) is 3.94. The molecule has 2 N–H and O–H groups in total. The third kappa shape index (κ3) is 3.98. The van der Waals surface area contributed by atoms with Crippen LogP contribution < -0.4 is 10.5 Å². The van der Waals surface area contributed by atoms with Gasteiger partial charge in [0.15, 0.2) is 12.4 Å². The molecular formula is C14H19N3O2. The van der Waals surface area contributed by atoms with E-state index in [0.29, 0.717) is 23.2 Å². The quantitative estimate of drug-likeness (QED) is 0.856. The topological polar surface area (TPSA) is 74.2 Å². The summed E-state index contributed by atoms with van der Waals surface area (Å²) < 4.78 is 10.7. The highest BCUT2D eigenvalue weighted by Crippen LogP contribution is 2.21. The Morgan fingerprint density at radius 2 is 2.00 bits per heavy atom. The van der Waals surface area contributed by atoms with Crippen molar-refractivity contribution in [2.75, 3.05) is 5.73 Å². The third-order valence-corrected chi connectivity index (χ3v) is 2.47. The molecule has 19 heavy (non-hydrogen) atoms. The van der Waals surface area contributed by atoms with E-state index >= 15 is 0 Å². The zero-order valence-corrected chi connectivity index (χ0v) is 11.5. The molecule has 0 aliphatic heterocycles. The average molecular weight is 261 g/mol. The minimum Gasteiger partial charge on any atom is -0.482 e. The van der Waals surface area contributed by atoms with E-state index in [1.165, 1.54) is 0 Å². The van der Waals surface area contributed by atoms with Crippen molar-refractivity contribution in [3.05, 3.63) is 36.0 Å². The molecule has 0 radical (unpaired) electrons. The van der Waals surface area contributed by atoms with Gasteiger partial charge in [0.2, 0.25) is 0 Å². The number of ether oxygens (including phenoxy) is 1. The van der Waals surface area contributed by atoms with Crippen molar-refractivity contribution >= 4 is 5.69 Å². The first kappa shape index (κ1) is 13.4. The Labute approximate surface area is 112 Å². The van der Waals surface area contributed by atoms with Gasteiger partial charge in [-0.05, 0) is 17.5 Å². The van der Waals surface area contributed by atoms with Crippen molar-refractivity contribution in [3.8, 4) is 5.75 Å². The molecule has 0 unspecified atom stereocenters. The van der Waals surface area contributed by atoms with Gasteiger partial charge in [0, 0.05) is 6.42 Å². The number of aromatic nitrogens is 2. The number of nitrogens with two attached hydrogens (primary N) is 1. The summed E-state index contributed by atoms with van der Waals surface area (Å²) >= 11 is 0. The van der Waals surface area contributed by atoms with Gasteiger partial charge < -0.3 is 15.0 Å². The molecule has 102 valence electrons. The molecule has 2 rings (SSSR count).